The van der Waals surface area contributed by atoms with Crippen molar-refractivity contribution in [3.05, 3.63) is 35.4 Å². The standard InChI is InChI=1S/C12H18FN/c1-10(13)8-12-5-3-4-11(9-12)6-7-14-2/h3-5,9-10,14H,6-8H2,1-2H3. The molecule has 0 aliphatic heterocycles. The number of hydrogen-bond acceptors (Lipinski definition) is 1. The molecule has 78 valence electrons. The van der Waals surface area contributed by atoms with E-state index in [1.807, 2.05) is 19.2 Å². The van der Waals surface area contributed by atoms with E-state index in [9.17, 15) is 4.39 Å². The summed E-state index contributed by atoms with van der Waals surface area (Å²) >= 11 is 0. The SMILES string of the molecule is CNCCc1cccc(CC(C)F)c1. The second-order valence-corrected chi connectivity index (χ2v) is 3.66. The Balaban J connectivity index is 2.59. The molecule has 1 aromatic rings. The summed E-state index contributed by atoms with van der Waals surface area (Å²) in [6.07, 6.45) is 0.771. The van der Waals surface area contributed by atoms with Gasteiger partial charge in [0.05, 0.1) is 0 Å². The van der Waals surface area contributed by atoms with Crippen molar-refractivity contribution in [2.75, 3.05) is 13.6 Å². The van der Waals surface area contributed by atoms with Gasteiger partial charge in [0.25, 0.3) is 0 Å². The molecule has 2 heteroatoms. The summed E-state index contributed by atoms with van der Waals surface area (Å²) in [5.41, 5.74) is 2.37. The molecule has 14 heavy (non-hydrogen) atoms. The normalized spacial score (nSPS) is 12.8. The lowest BCUT2D eigenvalue weighted by Crippen LogP contribution is -2.10. The van der Waals surface area contributed by atoms with Crippen LogP contribution in [-0.4, -0.2) is 19.8 Å². The molecule has 0 fully saturated rings. The van der Waals surface area contributed by atoms with Gasteiger partial charge in [-0.05, 0) is 38.1 Å². The van der Waals surface area contributed by atoms with Gasteiger partial charge in [0.1, 0.15) is 6.17 Å². The Labute approximate surface area is 85.3 Å². The molecule has 0 aliphatic carbocycles. The molecule has 0 aromatic heterocycles. The van der Waals surface area contributed by atoms with Gasteiger partial charge >= 0.3 is 0 Å². The minimum Gasteiger partial charge on any atom is -0.319 e. The summed E-state index contributed by atoms with van der Waals surface area (Å²) in [6.45, 7) is 2.56. The molecule has 1 nitrogen and oxygen atoms in total. The first-order valence-corrected chi connectivity index (χ1v) is 5.09. The number of nitrogens with one attached hydrogen (secondary N) is 1. The first kappa shape index (κ1) is 11.2. The van der Waals surface area contributed by atoms with Gasteiger partial charge in [0.15, 0.2) is 0 Å². The zero-order valence-electron chi connectivity index (χ0n) is 8.89. The van der Waals surface area contributed by atoms with E-state index in [0.717, 1.165) is 18.5 Å². The Morgan fingerprint density at radius 1 is 1.36 bits per heavy atom. The van der Waals surface area contributed by atoms with Crippen LogP contribution in [0.3, 0.4) is 0 Å². The van der Waals surface area contributed by atoms with Gasteiger partial charge in [-0.1, -0.05) is 24.3 Å². The second-order valence-electron chi connectivity index (χ2n) is 3.66. The van der Waals surface area contributed by atoms with E-state index in [2.05, 4.69) is 17.4 Å². The monoisotopic (exact) mass is 195 g/mol. The molecule has 0 bridgehead atoms. The average Bonchev–Trinajstić information content (AvgIpc) is 2.14. The van der Waals surface area contributed by atoms with E-state index in [4.69, 9.17) is 0 Å². The maximum atomic E-state index is 12.8. The number of halogens is 1. The molecular formula is C12H18FN. The molecule has 1 aromatic carbocycles. The lowest BCUT2D eigenvalue weighted by molar-refractivity contribution is 0.360. The number of likely N-dealkylation sites (N-methyl/N-ethyl adjacent to an activating group) is 1. The largest absolute Gasteiger partial charge is 0.319 e. The zero-order chi connectivity index (χ0) is 10.4. The predicted octanol–water partition coefficient (Wildman–Crippen LogP) is 2.35. The van der Waals surface area contributed by atoms with Crippen LogP contribution >= 0.6 is 0 Å². The van der Waals surface area contributed by atoms with Crippen LogP contribution in [0.4, 0.5) is 4.39 Å². The van der Waals surface area contributed by atoms with Gasteiger partial charge < -0.3 is 5.32 Å². The molecule has 1 unspecified atom stereocenters. The van der Waals surface area contributed by atoms with Gasteiger partial charge in [-0.15, -0.1) is 0 Å². The molecule has 1 N–H and O–H groups in total. The van der Waals surface area contributed by atoms with Crippen molar-refractivity contribution in [3.8, 4) is 0 Å². The van der Waals surface area contributed by atoms with Crippen LogP contribution in [0.2, 0.25) is 0 Å². The zero-order valence-corrected chi connectivity index (χ0v) is 8.89. The quantitative estimate of drug-likeness (QED) is 0.760. The van der Waals surface area contributed by atoms with Gasteiger partial charge in [-0.3, -0.25) is 0 Å². The van der Waals surface area contributed by atoms with E-state index < -0.39 is 6.17 Å². The Hall–Kier alpha value is -0.890. The summed E-state index contributed by atoms with van der Waals surface area (Å²) in [6, 6.07) is 8.17. The Morgan fingerprint density at radius 2 is 2.07 bits per heavy atom. The molecule has 0 heterocycles. The molecule has 1 rings (SSSR count). The third-order valence-electron chi connectivity index (χ3n) is 2.17. The highest BCUT2D eigenvalue weighted by Gasteiger charge is 2.01. The lowest BCUT2D eigenvalue weighted by atomic mass is 10.0. The highest BCUT2D eigenvalue weighted by atomic mass is 19.1. The third-order valence-corrected chi connectivity index (χ3v) is 2.17. The molecular weight excluding hydrogens is 177 g/mol. The van der Waals surface area contributed by atoms with Gasteiger partial charge in [-0.2, -0.15) is 0 Å². The van der Waals surface area contributed by atoms with Crippen LogP contribution < -0.4 is 5.32 Å². The van der Waals surface area contributed by atoms with Crippen LogP contribution in [0, 0.1) is 0 Å². The van der Waals surface area contributed by atoms with Gasteiger partial charge in [0, 0.05) is 6.42 Å². The van der Waals surface area contributed by atoms with E-state index in [0.29, 0.717) is 6.42 Å². The fraction of sp³-hybridized carbons (Fsp3) is 0.500. The maximum Gasteiger partial charge on any atom is 0.101 e. The van der Waals surface area contributed by atoms with E-state index >= 15 is 0 Å². The minimum atomic E-state index is -0.755. The Morgan fingerprint density at radius 3 is 2.71 bits per heavy atom. The molecule has 0 amide bonds. The van der Waals surface area contributed by atoms with Crippen LogP contribution in [0.15, 0.2) is 24.3 Å². The van der Waals surface area contributed by atoms with Crippen molar-refractivity contribution in [1.29, 1.82) is 0 Å². The molecule has 0 saturated heterocycles. The second kappa shape index (κ2) is 5.76. The first-order valence-electron chi connectivity index (χ1n) is 5.09. The average molecular weight is 195 g/mol. The molecule has 1 atom stereocenters. The van der Waals surface area contributed by atoms with Gasteiger partial charge in [0.2, 0.25) is 0 Å². The van der Waals surface area contributed by atoms with Crippen molar-refractivity contribution in [2.24, 2.45) is 0 Å². The topological polar surface area (TPSA) is 12.0 Å². The van der Waals surface area contributed by atoms with Gasteiger partial charge in [-0.25, -0.2) is 4.39 Å². The summed E-state index contributed by atoms with van der Waals surface area (Å²) in [4.78, 5) is 0. The summed E-state index contributed by atoms with van der Waals surface area (Å²) < 4.78 is 12.8. The van der Waals surface area contributed by atoms with Crippen molar-refractivity contribution in [2.45, 2.75) is 25.9 Å². The molecule has 0 saturated carbocycles. The summed E-state index contributed by atoms with van der Waals surface area (Å²) in [7, 11) is 1.94. The fourth-order valence-electron chi connectivity index (χ4n) is 1.51. The summed E-state index contributed by atoms with van der Waals surface area (Å²) in [5.74, 6) is 0. The van der Waals surface area contributed by atoms with Crippen molar-refractivity contribution >= 4 is 0 Å². The summed E-state index contributed by atoms with van der Waals surface area (Å²) in [5, 5.41) is 3.10. The Kier molecular flexibility index (Phi) is 4.60. The highest BCUT2D eigenvalue weighted by Crippen LogP contribution is 2.09. The van der Waals surface area contributed by atoms with E-state index in [-0.39, 0.29) is 0 Å². The first-order chi connectivity index (χ1) is 6.72. The predicted molar refractivity (Wildman–Crippen MR) is 58.3 cm³/mol. The van der Waals surface area contributed by atoms with Crippen molar-refractivity contribution in [3.63, 3.8) is 0 Å². The smallest absolute Gasteiger partial charge is 0.101 e. The molecule has 0 aliphatic rings. The number of hydrogen-bond donors (Lipinski definition) is 1. The van der Waals surface area contributed by atoms with Crippen LogP contribution in [0.1, 0.15) is 18.1 Å². The number of alkyl halides is 1. The van der Waals surface area contributed by atoms with Crippen LogP contribution in [-0.2, 0) is 12.8 Å². The number of benzene rings is 1. The fourth-order valence-corrected chi connectivity index (χ4v) is 1.51. The molecule has 0 spiro atoms. The van der Waals surface area contributed by atoms with Crippen molar-refractivity contribution < 1.29 is 4.39 Å². The highest BCUT2D eigenvalue weighted by molar-refractivity contribution is 5.24. The van der Waals surface area contributed by atoms with Crippen LogP contribution in [0.25, 0.3) is 0 Å². The molecule has 0 radical (unpaired) electrons. The van der Waals surface area contributed by atoms with E-state index in [1.54, 1.807) is 6.92 Å². The maximum absolute atomic E-state index is 12.8. The number of rotatable bonds is 5. The third kappa shape index (κ3) is 3.88. The lowest BCUT2D eigenvalue weighted by Gasteiger charge is -2.05. The van der Waals surface area contributed by atoms with Crippen LogP contribution in [0.5, 0.6) is 0 Å². The Bertz CT molecular complexity index is 271. The van der Waals surface area contributed by atoms with E-state index in [1.165, 1.54) is 5.56 Å². The minimum absolute atomic E-state index is 0.521. The van der Waals surface area contributed by atoms with Crippen molar-refractivity contribution in [1.82, 2.24) is 5.32 Å².